The van der Waals surface area contributed by atoms with E-state index in [-0.39, 0.29) is 35.6 Å². The number of rotatable bonds is 7. The van der Waals surface area contributed by atoms with Crippen molar-refractivity contribution < 1.29 is 32.0 Å². The van der Waals surface area contributed by atoms with Crippen molar-refractivity contribution in [3.05, 3.63) is 71.4 Å². The number of ether oxygens (including phenoxy) is 1. The predicted octanol–water partition coefficient (Wildman–Crippen LogP) is 4.72. The van der Waals surface area contributed by atoms with Crippen molar-refractivity contribution in [2.45, 2.75) is 19.5 Å². The zero-order valence-corrected chi connectivity index (χ0v) is 18.3. The molecule has 8 nitrogen and oxygen atoms in total. The van der Waals surface area contributed by atoms with Gasteiger partial charge in [-0.25, -0.2) is 4.98 Å². The van der Waals surface area contributed by atoms with Gasteiger partial charge in [-0.3, -0.25) is 9.59 Å². The number of fused-ring (bicyclic) bond motifs is 1. The highest BCUT2D eigenvalue weighted by Gasteiger charge is 2.34. The van der Waals surface area contributed by atoms with Gasteiger partial charge in [-0.1, -0.05) is 23.4 Å². The largest absolute Gasteiger partial charge is 0.493 e. The lowest BCUT2D eigenvalue weighted by molar-refractivity contribution is -0.137. The van der Waals surface area contributed by atoms with Crippen molar-refractivity contribution in [2.75, 3.05) is 11.9 Å². The summed E-state index contributed by atoms with van der Waals surface area (Å²) in [6.45, 7) is 1.72. The zero-order valence-electron chi connectivity index (χ0n) is 18.3. The first-order valence-electron chi connectivity index (χ1n) is 10.4. The van der Waals surface area contributed by atoms with Crippen LogP contribution in [0.3, 0.4) is 0 Å². The topological polar surface area (TPSA) is 120 Å². The molecule has 0 aliphatic carbocycles. The Bertz CT molecular complexity index is 1400. The Labute approximate surface area is 196 Å². The minimum atomic E-state index is -4.62. The summed E-state index contributed by atoms with van der Waals surface area (Å²) in [4.78, 5) is 28.1. The fourth-order valence-corrected chi connectivity index (χ4v) is 3.47. The highest BCUT2D eigenvalue weighted by molar-refractivity contribution is 6.13. The molecule has 0 fully saturated rings. The molecule has 2 aromatic carbocycles. The third kappa shape index (κ3) is 5.24. The molecule has 0 radical (unpaired) electrons. The lowest BCUT2D eigenvalue weighted by atomic mass is 10.0. The van der Waals surface area contributed by atoms with Crippen LogP contribution < -0.4 is 15.8 Å². The molecule has 0 aliphatic rings. The maximum Gasteiger partial charge on any atom is 0.417 e. The van der Waals surface area contributed by atoms with Gasteiger partial charge in [-0.2, -0.15) is 13.2 Å². The third-order valence-electron chi connectivity index (χ3n) is 5.10. The first-order chi connectivity index (χ1) is 16.6. The number of aryl methyl sites for hydroxylation is 1. The molecular weight excluding hydrogens is 465 g/mol. The number of benzene rings is 2. The molecule has 11 heteroatoms. The van der Waals surface area contributed by atoms with Gasteiger partial charge in [-0.15, -0.1) is 0 Å². The number of nitrogens with two attached hydrogens (primary N) is 1. The summed E-state index contributed by atoms with van der Waals surface area (Å²) in [6, 6.07) is 12.6. The highest BCUT2D eigenvalue weighted by Crippen LogP contribution is 2.37. The second-order valence-corrected chi connectivity index (χ2v) is 7.59. The monoisotopic (exact) mass is 484 g/mol. The molecule has 0 unspecified atom stereocenters. The molecule has 0 spiro atoms. The van der Waals surface area contributed by atoms with E-state index in [1.54, 1.807) is 31.2 Å². The standard InChI is InChI=1S/C24H19F3N4O4/c1-13-21-17(22(33)29-14-6-8-15(9-7-14)34-11-10-20(28)32)12-19(30-23(21)35-31-13)16-4-2-3-5-18(16)24(25,26)27/h2-9,12H,10-11H2,1H3,(H2,28,32)(H,29,33). The minimum Gasteiger partial charge on any atom is -0.493 e. The number of carbonyl (C=O) groups excluding carboxylic acids is 2. The zero-order chi connectivity index (χ0) is 25.2. The molecule has 0 aliphatic heterocycles. The predicted molar refractivity (Wildman–Crippen MR) is 121 cm³/mol. The lowest BCUT2D eigenvalue weighted by Crippen LogP contribution is -2.15. The van der Waals surface area contributed by atoms with E-state index < -0.39 is 23.6 Å². The second kappa shape index (κ2) is 9.45. The fourth-order valence-electron chi connectivity index (χ4n) is 3.47. The van der Waals surface area contributed by atoms with Crippen LogP contribution in [0.1, 0.15) is 28.0 Å². The normalized spacial score (nSPS) is 11.4. The molecule has 35 heavy (non-hydrogen) atoms. The molecule has 4 aromatic rings. The fraction of sp³-hybridized carbons (Fsp3) is 0.167. The molecular formula is C24H19F3N4O4. The van der Waals surface area contributed by atoms with Crippen molar-refractivity contribution in [1.82, 2.24) is 10.1 Å². The summed E-state index contributed by atoms with van der Waals surface area (Å²) in [5, 5.41) is 6.81. The van der Waals surface area contributed by atoms with E-state index in [1.807, 2.05) is 0 Å². The van der Waals surface area contributed by atoms with E-state index >= 15 is 0 Å². The quantitative estimate of drug-likeness (QED) is 0.392. The number of aromatic nitrogens is 2. The van der Waals surface area contributed by atoms with Gasteiger partial charge in [0.25, 0.3) is 11.6 Å². The number of carbonyl (C=O) groups is 2. The number of amides is 2. The first kappa shape index (κ1) is 23.7. The number of anilines is 1. The smallest absolute Gasteiger partial charge is 0.417 e. The number of alkyl halides is 3. The van der Waals surface area contributed by atoms with Gasteiger partial charge in [0, 0.05) is 11.3 Å². The van der Waals surface area contributed by atoms with Crippen molar-refractivity contribution in [1.29, 1.82) is 0 Å². The molecule has 0 saturated carbocycles. The average Bonchev–Trinajstić information content (AvgIpc) is 3.19. The molecule has 0 atom stereocenters. The molecule has 2 heterocycles. The van der Waals surface area contributed by atoms with E-state index in [1.165, 1.54) is 24.3 Å². The van der Waals surface area contributed by atoms with Gasteiger partial charge in [0.2, 0.25) is 5.91 Å². The maximum atomic E-state index is 13.6. The number of pyridine rings is 1. The van der Waals surface area contributed by atoms with Crippen LogP contribution in [0.25, 0.3) is 22.4 Å². The van der Waals surface area contributed by atoms with Crippen molar-refractivity contribution in [3.8, 4) is 17.0 Å². The second-order valence-electron chi connectivity index (χ2n) is 7.59. The van der Waals surface area contributed by atoms with Crippen molar-refractivity contribution in [2.24, 2.45) is 5.73 Å². The van der Waals surface area contributed by atoms with Gasteiger partial charge in [-0.05, 0) is 43.3 Å². The summed E-state index contributed by atoms with van der Waals surface area (Å²) < 4.78 is 51.3. The number of halogens is 3. The van der Waals surface area contributed by atoms with Crippen LogP contribution in [-0.2, 0) is 11.0 Å². The Balaban J connectivity index is 1.66. The van der Waals surface area contributed by atoms with Crippen molar-refractivity contribution in [3.63, 3.8) is 0 Å². The van der Waals surface area contributed by atoms with Gasteiger partial charge in [0.05, 0.1) is 40.9 Å². The van der Waals surface area contributed by atoms with Crippen LogP contribution >= 0.6 is 0 Å². The number of hydrogen-bond acceptors (Lipinski definition) is 6. The first-order valence-corrected chi connectivity index (χ1v) is 10.4. The van der Waals surface area contributed by atoms with Crippen molar-refractivity contribution >= 4 is 28.6 Å². The molecule has 0 bridgehead atoms. The Kier molecular flexibility index (Phi) is 6.41. The van der Waals surface area contributed by atoms with Crippen LogP contribution in [0.2, 0.25) is 0 Å². The summed E-state index contributed by atoms with van der Waals surface area (Å²) in [6.07, 6.45) is -4.55. The third-order valence-corrected chi connectivity index (χ3v) is 5.10. The number of nitrogens with zero attached hydrogens (tertiary/aromatic N) is 2. The molecule has 2 amide bonds. The van der Waals surface area contributed by atoms with Gasteiger partial charge < -0.3 is 20.3 Å². The number of nitrogens with one attached hydrogen (secondary N) is 1. The van der Waals surface area contributed by atoms with E-state index in [0.717, 1.165) is 6.07 Å². The molecule has 0 saturated heterocycles. The Morgan fingerprint density at radius 1 is 1.11 bits per heavy atom. The van der Waals surface area contributed by atoms with Gasteiger partial charge in [0.1, 0.15) is 5.75 Å². The Hall–Kier alpha value is -4.41. The SMILES string of the molecule is Cc1noc2nc(-c3ccccc3C(F)(F)F)cc(C(=O)Nc3ccc(OCCC(N)=O)cc3)c12. The van der Waals surface area contributed by atoms with E-state index in [4.69, 9.17) is 15.0 Å². The van der Waals surface area contributed by atoms with Gasteiger partial charge >= 0.3 is 6.18 Å². The molecule has 2 aromatic heterocycles. The number of hydrogen-bond donors (Lipinski definition) is 2. The molecule has 4 rings (SSSR count). The summed E-state index contributed by atoms with van der Waals surface area (Å²) in [5.74, 6) is -0.605. The van der Waals surface area contributed by atoms with Crippen LogP contribution in [0.4, 0.5) is 18.9 Å². The van der Waals surface area contributed by atoms with E-state index in [9.17, 15) is 22.8 Å². The van der Waals surface area contributed by atoms with Crippen LogP contribution in [0.5, 0.6) is 5.75 Å². The maximum absolute atomic E-state index is 13.6. The molecule has 3 N–H and O–H groups in total. The van der Waals surface area contributed by atoms with Crippen LogP contribution in [-0.4, -0.2) is 28.6 Å². The lowest BCUT2D eigenvalue weighted by Gasteiger charge is -2.13. The minimum absolute atomic E-state index is 0.0553. The highest BCUT2D eigenvalue weighted by atomic mass is 19.4. The summed E-state index contributed by atoms with van der Waals surface area (Å²) in [5.41, 5.74) is 4.69. The average molecular weight is 484 g/mol. The van der Waals surface area contributed by atoms with E-state index in [2.05, 4.69) is 15.5 Å². The molecule has 180 valence electrons. The van der Waals surface area contributed by atoms with Crippen LogP contribution in [0, 0.1) is 6.92 Å². The van der Waals surface area contributed by atoms with E-state index in [0.29, 0.717) is 22.5 Å². The number of primary amides is 1. The van der Waals surface area contributed by atoms with Gasteiger partial charge in [0.15, 0.2) is 0 Å². The Morgan fingerprint density at radius 3 is 2.51 bits per heavy atom. The summed E-state index contributed by atoms with van der Waals surface area (Å²) >= 11 is 0. The summed E-state index contributed by atoms with van der Waals surface area (Å²) in [7, 11) is 0. The Morgan fingerprint density at radius 2 is 1.83 bits per heavy atom. The van der Waals surface area contributed by atoms with Crippen LogP contribution in [0.15, 0.2) is 59.1 Å².